The molecule has 6 heteroatoms. The summed E-state index contributed by atoms with van der Waals surface area (Å²) in [7, 11) is 2.66. The lowest BCUT2D eigenvalue weighted by molar-refractivity contribution is -0.132. The molecule has 0 saturated heterocycles. The van der Waals surface area contributed by atoms with Gasteiger partial charge in [-0.25, -0.2) is 4.79 Å². The van der Waals surface area contributed by atoms with Crippen molar-refractivity contribution < 1.29 is 14.4 Å². The second kappa shape index (κ2) is 7.64. The second-order valence-corrected chi connectivity index (χ2v) is 5.57. The molecule has 0 saturated carbocycles. The van der Waals surface area contributed by atoms with Crippen LogP contribution in [-0.4, -0.2) is 25.9 Å². The minimum atomic E-state index is -0.564. The minimum absolute atomic E-state index is 0.102. The molecule has 112 valence electrons. The number of methoxy groups -OCH3 is 1. The van der Waals surface area contributed by atoms with Crippen LogP contribution in [0.4, 0.5) is 0 Å². The van der Waals surface area contributed by atoms with Crippen LogP contribution < -0.4 is 0 Å². The van der Waals surface area contributed by atoms with Crippen LogP contribution in [0.2, 0.25) is 4.34 Å². The van der Waals surface area contributed by atoms with Crippen LogP contribution in [0.15, 0.2) is 40.9 Å². The normalized spacial score (nSPS) is 10.6. The van der Waals surface area contributed by atoms with Crippen molar-refractivity contribution in [3.05, 3.63) is 56.7 Å². The Bertz CT molecular complexity index is 754. The predicted octanol–water partition coefficient (Wildman–Crippen LogP) is 3.32. The van der Waals surface area contributed by atoms with Crippen LogP contribution in [0.25, 0.3) is 0 Å². The summed E-state index contributed by atoms with van der Waals surface area (Å²) in [6.07, 6.45) is 0. The van der Waals surface area contributed by atoms with Gasteiger partial charge >= 0.3 is 5.97 Å². The first-order chi connectivity index (χ1) is 10.7. The number of carbonyl (C=O) groups is 1. The van der Waals surface area contributed by atoms with Crippen molar-refractivity contribution in [1.29, 1.82) is 0 Å². The number of hydrogen-bond donors (Lipinski definition) is 0. The molecular formula is C16H12ClNO3S. The molecule has 0 unspecified atom stereocenters. The molecule has 0 N–H and O–H groups in total. The molecule has 0 aliphatic rings. The third kappa shape index (κ3) is 3.88. The summed E-state index contributed by atoms with van der Waals surface area (Å²) in [6.45, 7) is 0. The van der Waals surface area contributed by atoms with Gasteiger partial charge in [-0.1, -0.05) is 40.7 Å². The zero-order chi connectivity index (χ0) is 15.9. The summed E-state index contributed by atoms with van der Waals surface area (Å²) in [4.78, 5) is 16.3. The molecule has 1 aromatic carbocycles. The van der Waals surface area contributed by atoms with Gasteiger partial charge in [-0.2, -0.15) is 0 Å². The number of oxime groups is 1. The molecule has 0 aliphatic heterocycles. The first kappa shape index (κ1) is 16.1. The van der Waals surface area contributed by atoms with Gasteiger partial charge in [-0.15, -0.1) is 11.3 Å². The van der Waals surface area contributed by atoms with Gasteiger partial charge in [0.2, 0.25) is 0 Å². The van der Waals surface area contributed by atoms with E-state index in [9.17, 15) is 4.79 Å². The van der Waals surface area contributed by atoms with Crippen molar-refractivity contribution in [2.75, 3.05) is 14.2 Å². The molecule has 2 aromatic rings. The van der Waals surface area contributed by atoms with Crippen LogP contribution in [0, 0.1) is 11.8 Å². The van der Waals surface area contributed by atoms with Gasteiger partial charge < -0.3 is 9.57 Å². The van der Waals surface area contributed by atoms with Crippen molar-refractivity contribution in [3.63, 3.8) is 0 Å². The molecule has 0 atom stereocenters. The zero-order valence-corrected chi connectivity index (χ0v) is 13.5. The number of esters is 1. The fourth-order valence-corrected chi connectivity index (χ4v) is 2.46. The lowest BCUT2D eigenvalue weighted by Crippen LogP contribution is -2.17. The maximum atomic E-state index is 11.6. The molecule has 0 bridgehead atoms. The van der Waals surface area contributed by atoms with Gasteiger partial charge in [0.15, 0.2) is 5.71 Å². The van der Waals surface area contributed by atoms with E-state index in [1.165, 1.54) is 25.6 Å². The number of thiophene rings is 1. The molecule has 0 aliphatic carbocycles. The van der Waals surface area contributed by atoms with Crippen molar-refractivity contribution >= 4 is 34.6 Å². The number of rotatable bonds is 3. The number of carbonyl (C=O) groups excluding carboxylic acids is 1. The Morgan fingerprint density at radius 3 is 2.45 bits per heavy atom. The number of halogens is 1. The monoisotopic (exact) mass is 333 g/mol. The van der Waals surface area contributed by atoms with Crippen LogP contribution in [0.5, 0.6) is 0 Å². The van der Waals surface area contributed by atoms with Crippen LogP contribution >= 0.6 is 22.9 Å². The molecule has 1 aromatic heterocycles. The van der Waals surface area contributed by atoms with E-state index < -0.39 is 5.97 Å². The zero-order valence-electron chi connectivity index (χ0n) is 11.9. The highest BCUT2D eigenvalue weighted by molar-refractivity contribution is 7.14. The average molecular weight is 334 g/mol. The van der Waals surface area contributed by atoms with Gasteiger partial charge in [0, 0.05) is 11.1 Å². The summed E-state index contributed by atoms with van der Waals surface area (Å²) in [6, 6.07) is 8.91. The quantitative estimate of drug-likeness (QED) is 0.375. The lowest BCUT2D eigenvalue weighted by atomic mass is 10.1. The maximum Gasteiger partial charge on any atom is 0.360 e. The average Bonchev–Trinajstić information content (AvgIpc) is 2.96. The minimum Gasteiger partial charge on any atom is -0.464 e. The summed E-state index contributed by atoms with van der Waals surface area (Å²) in [5, 5.41) is 5.57. The maximum absolute atomic E-state index is 11.6. The van der Waals surface area contributed by atoms with E-state index in [1.54, 1.807) is 24.3 Å². The van der Waals surface area contributed by atoms with E-state index >= 15 is 0 Å². The number of nitrogens with zero attached hydrogens (tertiary/aromatic N) is 1. The standard InChI is InChI=1S/C16H12ClNO3S/c1-20-16(19)14(18-21-2)12-6-3-11(4-7-12)5-8-13-9-10-22-15(13)17/h3-4,6-7,9-10H,1-2H3. The number of ether oxygens (including phenoxy) is 1. The van der Waals surface area contributed by atoms with Crippen molar-refractivity contribution in [2.45, 2.75) is 0 Å². The largest absolute Gasteiger partial charge is 0.464 e. The smallest absolute Gasteiger partial charge is 0.360 e. The molecule has 0 spiro atoms. The molecule has 0 amide bonds. The highest BCUT2D eigenvalue weighted by Crippen LogP contribution is 2.21. The number of hydrogen-bond acceptors (Lipinski definition) is 5. The first-order valence-corrected chi connectivity index (χ1v) is 7.46. The Morgan fingerprint density at radius 1 is 1.18 bits per heavy atom. The SMILES string of the molecule is CON=C(C(=O)OC)c1ccc(C#Cc2ccsc2Cl)cc1. The van der Waals surface area contributed by atoms with Gasteiger partial charge in [-0.05, 0) is 23.6 Å². The first-order valence-electron chi connectivity index (χ1n) is 6.20. The Kier molecular flexibility index (Phi) is 5.59. The Balaban J connectivity index is 2.24. The van der Waals surface area contributed by atoms with Gasteiger partial charge in [0.1, 0.15) is 11.4 Å². The van der Waals surface area contributed by atoms with Crippen molar-refractivity contribution in [3.8, 4) is 11.8 Å². The molecule has 1 heterocycles. The predicted molar refractivity (Wildman–Crippen MR) is 87.3 cm³/mol. The molecular weight excluding hydrogens is 322 g/mol. The van der Waals surface area contributed by atoms with Crippen LogP contribution in [-0.2, 0) is 14.4 Å². The summed E-state index contributed by atoms with van der Waals surface area (Å²) in [5.74, 6) is 5.45. The summed E-state index contributed by atoms with van der Waals surface area (Å²) >= 11 is 7.43. The molecule has 0 fully saturated rings. The van der Waals surface area contributed by atoms with Gasteiger partial charge in [-0.3, -0.25) is 0 Å². The van der Waals surface area contributed by atoms with E-state index in [-0.39, 0.29) is 5.71 Å². The van der Waals surface area contributed by atoms with Gasteiger partial charge in [0.05, 0.1) is 12.7 Å². The Labute approximate surface area is 137 Å². The van der Waals surface area contributed by atoms with Gasteiger partial charge in [0.25, 0.3) is 0 Å². The van der Waals surface area contributed by atoms with Crippen LogP contribution in [0.3, 0.4) is 0 Å². The number of benzene rings is 1. The summed E-state index contributed by atoms with van der Waals surface area (Å²) in [5.41, 5.74) is 2.29. The lowest BCUT2D eigenvalue weighted by Gasteiger charge is -2.03. The Morgan fingerprint density at radius 2 is 1.91 bits per heavy atom. The third-order valence-corrected chi connectivity index (χ3v) is 3.85. The highest BCUT2D eigenvalue weighted by atomic mass is 35.5. The van der Waals surface area contributed by atoms with E-state index in [0.717, 1.165) is 11.1 Å². The van der Waals surface area contributed by atoms with Crippen molar-refractivity contribution in [2.24, 2.45) is 5.16 Å². The topological polar surface area (TPSA) is 47.9 Å². The van der Waals surface area contributed by atoms with Crippen molar-refractivity contribution in [1.82, 2.24) is 0 Å². The Hall–Kier alpha value is -2.29. The molecule has 2 rings (SSSR count). The van der Waals surface area contributed by atoms with E-state index in [2.05, 4.69) is 26.6 Å². The second-order valence-electron chi connectivity index (χ2n) is 4.05. The van der Waals surface area contributed by atoms with E-state index in [1.807, 2.05) is 11.4 Å². The fourth-order valence-electron chi connectivity index (χ4n) is 1.63. The molecule has 22 heavy (non-hydrogen) atoms. The molecule has 0 radical (unpaired) electrons. The fraction of sp³-hybridized carbons (Fsp3) is 0.125. The van der Waals surface area contributed by atoms with E-state index in [0.29, 0.717) is 9.90 Å². The highest BCUT2D eigenvalue weighted by Gasteiger charge is 2.15. The van der Waals surface area contributed by atoms with Crippen LogP contribution in [0.1, 0.15) is 16.7 Å². The summed E-state index contributed by atoms with van der Waals surface area (Å²) < 4.78 is 5.34. The van der Waals surface area contributed by atoms with E-state index in [4.69, 9.17) is 11.6 Å². The third-order valence-electron chi connectivity index (χ3n) is 2.68. The molecule has 4 nitrogen and oxygen atoms in total.